The van der Waals surface area contributed by atoms with Gasteiger partial charge in [0.2, 0.25) is 5.91 Å². The number of benzene rings is 1. The maximum absolute atomic E-state index is 12.1. The third-order valence-corrected chi connectivity index (χ3v) is 3.87. The van der Waals surface area contributed by atoms with Crippen LogP contribution in [0.4, 0.5) is 0 Å². The van der Waals surface area contributed by atoms with Crippen LogP contribution in [0.3, 0.4) is 0 Å². The molecular weight excluding hydrogens is 365 g/mol. The lowest BCUT2D eigenvalue weighted by Crippen LogP contribution is -2.13. The minimum Gasteiger partial charge on any atom is -0.460 e. The van der Waals surface area contributed by atoms with Gasteiger partial charge in [0.1, 0.15) is 16.6 Å². The average molecular weight is 377 g/mol. The van der Waals surface area contributed by atoms with Crippen molar-refractivity contribution in [3.8, 4) is 0 Å². The molecule has 0 saturated heterocycles. The summed E-state index contributed by atoms with van der Waals surface area (Å²) < 4.78 is 5.95. The molecule has 0 aliphatic carbocycles. The Kier molecular flexibility index (Phi) is 6.38. The van der Waals surface area contributed by atoms with E-state index in [1.807, 2.05) is 6.07 Å². The fourth-order valence-electron chi connectivity index (χ4n) is 1.81. The quantitative estimate of drug-likeness (QED) is 0.719. The number of carbonyl (C=O) groups is 2. The van der Waals surface area contributed by atoms with Gasteiger partial charge in [0, 0.05) is 12.8 Å². The summed E-state index contributed by atoms with van der Waals surface area (Å²) in [5.74, 6) is -0.734. The van der Waals surface area contributed by atoms with E-state index in [0.717, 1.165) is 0 Å². The van der Waals surface area contributed by atoms with Crippen LogP contribution in [0, 0.1) is 0 Å². The highest BCUT2D eigenvalue weighted by Crippen LogP contribution is 2.18. The number of aromatic nitrogens is 3. The molecule has 1 heterocycles. The minimum absolute atomic E-state index is 0.0480. The molecule has 0 aliphatic heterocycles. The van der Waals surface area contributed by atoms with Crippen LogP contribution in [-0.4, -0.2) is 33.5 Å². The summed E-state index contributed by atoms with van der Waals surface area (Å²) in [6.07, 6.45) is 0.534. The van der Waals surface area contributed by atoms with E-state index in [9.17, 15) is 9.59 Å². The lowest BCUT2D eigenvalue weighted by molar-refractivity contribution is -0.142. The van der Waals surface area contributed by atoms with Crippen molar-refractivity contribution in [3.05, 3.63) is 33.8 Å². The number of hydrogen-bond donors (Lipinski definition) is 0. The Morgan fingerprint density at radius 2 is 1.87 bits per heavy atom. The predicted molar refractivity (Wildman–Crippen MR) is 87.5 cm³/mol. The maximum Gasteiger partial charge on any atom is 0.306 e. The van der Waals surface area contributed by atoms with Gasteiger partial charge in [0.05, 0.1) is 10.5 Å². The zero-order chi connectivity index (χ0) is 16.8. The molecule has 9 heteroatoms. The number of esters is 1. The average Bonchev–Trinajstić information content (AvgIpc) is 2.96. The van der Waals surface area contributed by atoms with Crippen molar-refractivity contribution in [3.63, 3.8) is 0 Å². The number of para-hydroxylation sites is 1. The highest BCUT2D eigenvalue weighted by atomic mass is 35.5. The summed E-state index contributed by atoms with van der Waals surface area (Å²) in [6, 6.07) is 7.13. The molecule has 2 aromatic rings. The normalized spacial score (nSPS) is 10.6. The maximum atomic E-state index is 12.1. The van der Waals surface area contributed by atoms with Gasteiger partial charge in [-0.3, -0.25) is 9.59 Å². The van der Waals surface area contributed by atoms with Gasteiger partial charge in [0.25, 0.3) is 0 Å². The second-order valence-electron chi connectivity index (χ2n) is 4.56. The molecule has 122 valence electrons. The molecule has 6 nitrogen and oxygen atoms in total. The number of nitrogens with zero attached hydrogens (tertiary/aromatic N) is 3. The fraction of sp³-hybridized carbons (Fsp3) is 0.286. The number of halogens is 3. The van der Waals surface area contributed by atoms with E-state index in [2.05, 4.69) is 10.3 Å². The largest absolute Gasteiger partial charge is 0.460 e. The molecule has 0 fully saturated rings. The molecule has 0 saturated carbocycles. The van der Waals surface area contributed by atoms with Gasteiger partial charge in [-0.25, -0.2) is 0 Å². The molecule has 0 N–H and O–H groups in total. The smallest absolute Gasteiger partial charge is 0.306 e. The molecule has 1 aromatic carbocycles. The summed E-state index contributed by atoms with van der Waals surface area (Å²) in [7, 11) is 0. The first-order chi connectivity index (χ1) is 11.0. The molecular formula is C14H12Cl3N3O3. The molecule has 1 aromatic heterocycles. The fourth-order valence-corrected chi connectivity index (χ4v) is 1.98. The zero-order valence-electron chi connectivity index (χ0n) is 11.8. The van der Waals surface area contributed by atoms with Gasteiger partial charge in [-0.2, -0.15) is 4.68 Å². The molecule has 0 radical (unpaired) electrons. The van der Waals surface area contributed by atoms with E-state index in [1.165, 1.54) is 4.68 Å². The van der Waals surface area contributed by atoms with Crippen LogP contribution in [0.1, 0.15) is 24.1 Å². The second-order valence-corrected chi connectivity index (χ2v) is 5.97. The van der Waals surface area contributed by atoms with Crippen LogP contribution in [-0.2, 0) is 9.53 Å². The molecule has 0 atom stereocenters. The van der Waals surface area contributed by atoms with Crippen LogP contribution in [0.15, 0.2) is 33.8 Å². The van der Waals surface area contributed by atoms with Crippen molar-refractivity contribution in [2.24, 2.45) is 0 Å². The first-order valence-electron chi connectivity index (χ1n) is 6.68. The summed E-state index contributed by atoms with van der Waals surface area (Å²) >= 11 is 16.5. The molecule has 2 rings (SSSR count). The van der Waals surface area contributed by atoms with Crippen LogP contribution < -0.4 is 0 Å². The first kappa shape index (κ1) is 17.7. The SMILES string of the molecule is O=C(CCCC(=O)n1nnc2ccccc21)OCC(Cl)=C(Cl)Cl. The van der Waals surface area contributed by atoms with Gasteiger partial charge in [-0.05, 0) is 18.6 Å². The Labute approximate surface area is 146 Å². The van der Waals surface area contributed by atoms with Crippen molar-refractivity contribution >= 4 is 57.7 Å². The van der Waals surface area contributed by atoms with Gasteiger partial charge in [0.15, 0.2) is 0 Å². The highest BCUT2D eigenvalue weighted by molar-refractivity contribution is 6.59. The lowest BCUT2D eigenvalue weighted by Gasteiger charge is -2.04. The molecule has 23 heavy (non-hydrogen) atoms. The van der Waals surface area contributed by atoms with E-state index in [0.29, 0.717) is 17.5 Å². The van der Waals surface area contributed by atoms with Crippen molar-refractivity contribution in [1.82, 2.24) is 15.0 Å². The number of carbonyl (C=O) groups excluding carboxylic acids is 2. The number of hydrogen-bond acceptors (Lipinski definition) is 5. The first-order valence-corrected chi connectivity index (χ1v) is 7.81. The highest BCUT2D eigenvalue weighted by Gasteiger charge is 2.13. The summed E-state index contributed by atoms with van der Waals surface area (Å²) in [4.78, 5) is 23.6. The van der Waals surface area contributed by atoms with E-state index >= 15 is 0 Å². The third kappa shape index (κ3) is 4.92. The van der Waals surface area contributed by atoms with Crippen molar-refractivity contribution in [2.75, 3.05) is 6.61 Å². The topological polar surface area (TPSA) is 74.1 Å². The molecule has 0 amide bonds. The number of fused-ring (bicyclic) bond motifs is 1. The number of rotatable bonds is 6. The van der Waals surface area contributed by atoms with Crippen molar-refractivity contribution in [2.45, 2.75) is 19.3 Å². The Morgan fingerprint density at radius 3 is 2.61 bits per heavy atom. The van der Waals surface area contributed by atoms with Crippen LogP contribution in [0.5, 0.6) is 0 Å². The van der Waals surface area contributed by atoms with E-state index in [4.69, 9.17) is 39.5 Å². The van der Waals surface area contributed by atoms with Crippen LogP contribution in [0.2, 0.25) is 0 Å². The van der Waals surface area contributed by atoms with Gasteiger partial charge in [-0.15, -0.1) is 5.10 Å². The Bertz CT molecular complexity index is 754. The van der Waals surface area contributed by atoms with Crippen molar-refractivity contribution in [1.29, 1.82) is 0 Å². The lowest BCUT2D eigenvalue weighted by atomic mass is 10.2. The van der Waals surface area contributed by atoms with E-state index < -0.39 is 5.97 Å². The molecule has 0 unspecified atom stereocenters. The van der Waals surface area contributed by atoms with Gasteiger partial charge < -0.3 is 4.74 Å². The standard InChI is InChI=1S/C14H12Cl3N3O3/c15-9(14(16)17)8-23-13(22)7-3-6-12(21)20-11-5-2-1-4-10(11)18-19-20/h1-2,4-5H,3,6-8H2. The van der Waals surface area contributed by atoms with Gasteiger partial charge >= 0.3 is 5.97 Å². The van der Waals surface area contributed by atoms with E-state index in [1.54, 1.807) is 18.2 Å². The second kappa shape index (κ2) is 8.29. The Hall–Kier alpha value is -1.63. The van der Waals surface area contributed by atoms with Crippen LogP contribution in [0.25, 0.3) is 11.0 Å². The van der Waals surface area contributed by atoms with Crippen molar-refractivity contribution < 1.29 is 14.3 Å². The summed E-state index contributed by atoms with van der Waals surface area (Å²) in [5.41, 5.74) is 1.27. The summed E-state index contributed by atoms with van der Waals surface area (Å²) in [6.45, 7) is -0.190. The Morgan fingerprint density at radius 1 is 1.13 bits per heavy atom. The van der Waals surface area contributed by atoms with Crippen LogP contribution >= 0.6 is 34.8 Å². The molecule has 0 bridgehead atoms. The summed E-state index contributed by atoms with van der Waals surface area (Å²) in [5, 5.41) is 7.77. The Balaban J connectivity index is 1.81. The zero-order valence-corrected chi connectivity index (χ0v) is 14.1. The molecule has 0 spiro atoms. The predicted octanol–water partition coefficient (Wildman–Crippen LogP) is 3.67. The van der Waals surface area contributed by atoms with E-state index in [-0.39, 0.29) is 34.9 Å². The number of ether oxygens (including phenoxy) is 1. The molecule has 0 aliphatic rings. The minimum atomic E-state index is -0.492. The monoisotopic (exact) mass is 375 g/mol. The third-order valence-electron chi connectivity index (χ3n) is 2.92. The van der Waals surface area contributed by atoms with Gasteiger partial charge in [-0.1, -0.05) is 52.1 Å².